The number of hydrogen-bond acceptors (Lipinski definition) is 3. The van der Waals surface area contributed by atoms with Crippen LogP contribution in [-0.2, 0) is 4.79 Å². The van der Waals surface area contributed by atoms with Gasteiger partial charge in [-0.05, 0) is 51.7 Å². The van der Waals surface area contributed by atoms with E-state index in [0.717, 1.165) is 45.3 Å². The number of likely N-dealkylation sites (tertiary alicyclic amines) is 1. The van der Waals surface area contributed by atoms with Crippen LogP contribution in [0.4, 0.5) is 0 Å². The van der Waals surface area contributed by atoms with E-state index in [4.69, 9.17) is 5.73 Å². The quantitative estimate of drug-likeness (QED) is 0.828. The van der Waals surface area contributed by atoms with E-state index in [0.29, 0.717) is 12.5 Å². The summed E-state index contributed by atoms with van der Waals surface area (Å²) in [4.78, 5) is 14.7. The Morgan fingerprint density at radius 3 is 2.30 bits per heavy atom. The number of nitrogens with two attached hydrogens (primary N) is 1. The number of piperidine rings is 1. The fraction of sp³-hybridized carbons (Fsp3) is 0.929. The summed E-state index contributed by atoms with van der Waals surface area (Å²) in [6.45, 7) is 3.66. The van der Waals surface area contributed by atoms with E-state index < -0.39 is 0 Å². The molecule has 1 saturated heterocycles. The molecular formula is C14H29Cl2N3O. The van der Waals surface area contributed by atoms with Crippen molar-refractivity contribution in [2.45, 2.75) is 38.5 Å². The van der Waals surface area contributed by atoms with Crippen LogP contribution < -0.4 is 11.1 Å². The molecule has 0 aromatic rings. The molecule has 6 heteroatoms. The van der Waals surface area contributed by atoms with Crippen molar-refractivity contribution >= 4 is 30.7 Å². The minimum Gasteiger partial charge on any atom is -0.355 e. The van der Waals surface area contributed by atoms with Crippen LogP contribution in [0.25, 0.3) is 0 Å². The Balaban J connectivity index is 0.00000180. The van der Waals surface area contributed by atoms with E-state index in [1.807, 2.05) is 0 Å². The van der Waals surface area contributed by atoms with Crippen molar-refractivity contribution in [1.82, 2.24) is 10.2 Å². The Morgan fingerprint density at radius 1 is 1.25 bits per heavy atom. The fourth-order valence-corrected chi connectivity index (χ4v) is 3.27. The van der Waals surface area contributed by atoms with Crippen molar-refractivity contribution in [3.8, 4) is 0 Å². The maximum absolute atomic E-state index is 12.3. The molecule has 0 unspecified atom stereocenters. The van der Waals surface area contributed by atoms with Crippen LogP contribution in [0.1, 0.15) is 38.5 Å². The van der Waals surface area contributed by atoms with Gasteiger partial charge in [-0.2, -0.15) is 0 Å². The van der Waals surface area contributed by atoms with Gasteiger partial charge in [0, 0.05) is 13.1 Å². The summed E-state index contributed by atoms with van der Waals surface area (Å²) in [5.41, 5.74) is 5.58. The first-order valence-corrected chi connectivity index (χ1v) is 7.33. The molecule has 0 bridgehead atoms. The van der Waals surface area contributed by atoms with Gasteiger partial charge in [0.25, 0.3) is 0 Å². The topological polar surface area (TPSA) is 58.4 Å². The standard InChI is InChI=1S/C14H27N3O.2ClH/c1-17-8-4-12(5-9-17)10-16-13(18)14(11-15)6-2-3-7-14;;/h12H,2-11,15H2,1H3,(H,16,18);2*1H. The fourth-order valence-electron chi connectivity index (χ4n) is 3.27. The lowest BCUT2D eigenvalue weighted by Crippen LogP contribution is -2.46. The van der Waals surface area contributed by atoms with Gasteiger partial charge in [-0.3, -0.25) is 4.79 Å². The Hall–Kier alpha value is -0.0300. The van der Waals surface area contributed by atoms with Gasteiger partial charge in [-0.1, -0.05) is 12.8 Å². The van der Waals surface area contributed by atoms with E-state index in [2.05, 4.69) is 17.3 Å². The third-order valence-corrected chi connectivity index (χ3v) is 4.82. The summed E-state index contributed by atoms with van der Waals surface area (Å²) in [6, 6.07) is 0. The molecule has 1 aliphatic carbocycles. The van der Waals surface area contributed by atoms with Gasteiger partial charge in [0.05, 0.1) is 5.41 Å². The smallest absolute Gasteiger partial charge is 0.227 e. The first-order valence-electron chi connectivity index (χ1n) is 7.33. The van der Waals surface area contributed by atoms with Crippen molar-refractivity contribution in [3.63, 3.8) is 0 Å². The Kier molecular flexibility index (Phi) is 9.07. The number of amides is 1. The Labute approximate surface area is 135 Å². The lowest BCUT2D eigenvalue weighted by molar-refractivity contribution is -0.130. The van der Waals surface area contributed by atoms with Crippen LogP contribution >= 0.6 is 24.8 Å². The van der Waals surface area contributed by atoms with Gasteiger partial charge in [0.2, 0.25) is 5.91 Å². The summed E-state index contributed by atoms with van der Waals surface area (Å²) in [7, 11) is 2.16. The summed E-state index contributed by atoms with van der Waals surface area (Å²) in [5.74, 6) is 0.864. The van der Waals surface area contributed by atoms with E-state index in [1.165, 1.54) is 12.8 Å². The lowest BCUT2D eigenvalue weighted by Gasteiger charge is -2.31. The van der Waals surface area contributed by atoms with Gasteiger partial charge in [0.15, 0.2) is 0 Å². The highest BCUT2D eigenvalue weighted by Gasteiger charge is 2.39. The zero-order chi connectivity index (χ0) is 13.0. The molecule has 0 radical (unpaired) electrons. The average Bonchev–Trinajstić information content (AvgIpc) is 2.88. The van der Waals surface area contributed by atoms with Crippen LogP contribution in [-0.4, -0.2) is 44.0 Å². The zero-order valence-electron chi connectivity index (χ0n) is 12.4. The number of hydrogen-bond donors (Lipinski definition) is 2. The molecular weight excluding hydrogens is 297 g/mol. The summed E-state index contributed by atoms with van der Waals surface area (Å²) >= 11 is 0. The predicted molar refractivity (Wildman–Crippen MR) is 87.7 cm³/mol. The summed E-state index contributed by atoms with van der Waals surface area (Å²) in [5, 5.41) is 3.16. The number of rotatable bonds is 4. The molecule has 20 heavy (non-hydrogen) atoms. The molecule has 3 N–H and O–H groups in total. The number of halogens is 2. The van der Waals surface area contributed by atoms with Crippen LogP contribution in [0, 0.1) is 11.3 Å². The van der Waals surface area contributed by atoms with Crippen LogP contribution in [0.2, 0.25) is 0 Å². The number of carbonyl (C=O) groups excluding carboxylic acids is 1. The normalized spacial score (nSPS) is 22.7. The molecule has 0 aromatic heterocycles. The SMILES string of the molecule is CN1CCC(CNC(=O)C2(CN)CCCC2)CC1.Cl.Cl. The third-order valence-electron chi connectivity index (χ3n) is 4.82. The van der Waals surface area contributed by atoms with Crippen molar-refractivity contribution in [2.24, 2.45) is 17.1 Å². The van der Waals surface area contributed by atoms with E-state index >= 15 is 0 Å². The van der Waals surface area contributed by atoms with Gasteiger partial charge in [-0.25, -0.2) is 0 Å². The lowest BCUT2D eigenvalue weighted by atomic mass is 9.85. The average molecular weight is 326 g/mol. The van der Waals surface area contributed by atoms with Crippen molar-refractivity contribution in [3.05, 3.63) is 0 Å². The van der Waals surface area contributed by atoms with E-state index in [1.54, 1.807) is 0 Å². The van der Waals surface area contributed by atoms with Crippen molar-refractivity contribution < 1.29 is 4.79 Å². The second-order valence-electron chi connectivity index (χ2n) is 6.15. The second-order valence-corrected chi connectivity index (χ2v) is 6.15. The molecule has 0 aromatic carbocycles. The van der Waals surface area contributed by atoms with Gasteiger partial charge < -0.3 is 16.0 Å². The van der Waals surface area contributed by atoms with Gasteiger partial charge in [0.1, 0.15) is 0 Å². The molecule has 1 heterocycles. The molecule has 2 aliphatic rings. The van der Waals surface area contributed by atoms with Gasteiger partial charge >= 0.3 is 0 Å². The number of nitrogens with one attached hydrogen (secondary N) is 1. The first kappa shape index (κ1) is 20.0. The first-order chi connectivity index (χ1) is 8.66. The largest absolute Gasteiger partial charge is 0.355 e. The molecule has 4 nitrogen and oxygen atoms in total. The number of nitrogens with zero attached hydrogens (tertiary/aromatic N) is 1. The molecule has 0 atom stereocenters. The van der Waals surface area contributed by atoms with Crippen molar-refractivity contribution in [1.29, 1.82) is 0 Å². The van der Waals surface area contributed by atoms with Gasteiger partial charge in [-0.15, -0.1) is 24.8 Å². The Morgan fingerprint density at radius 2 is 1.80 bits per heavy atom. The molecule has 2 rings (SSSR count). The summed E-state index contributed by atoms with van der Waals surface area (Å²) in [6.07, 6.45) is 6.65. The van der Waals surface area contributed by atoms with E-state index in [9.17, 15) is 4.79 Å². The maximum atomic E-state index is 12.3. The van der Waals surface area contributed by atoms with E-state index in [-0.39, 0.29) is 36.1 Å². The maximum Gasteiger partial charge on any atom is 0.227 e. The molecule has 1 saturated carbocycles. The summed E-state index contributed by atoms with van der Waals surface area (Å²) < 4.78 is 0. The number of carbonyl (C=O) groups is 1. The minimum absolute atomic E-state index is 0. The van der Waals surface area contributed by atoms with Crippen molar-refractivity contribution in [2.75, 3.05) is 33.2 Å². The third kappa shape index (κ3) is 4.76. The van der Waals surface area contributed by atoms with Crippen LogP contribution in [0.5, 0.6) is 0 Å². The molecule has 1 aliphatic heterocycles. The highest BCUT2D eigenvalue weighted by molar-refractivity contribution is 5.85. The predicted octanol–water partition coefficient (Wildman–Crippen LogP) is 1.81. The minimum atomic E-state index is -0.245. The highest BCUT2D eigenvalue weighted by Crippen LogP contribution is 2.37. The second kappa shape index (κ2) is 9.08. The molecule has 120 valence electrons. The molecule has 2 fully saturated rings. The zero-order valence-corrected chi connectivity index (χ0v) is 14.0. The monoisotopic (exact) mass is 325 g/mol. The highest BCUT2D eigenvalue weighted by atomic mass is 35.5. The van der Waals surface area contributed by atoms with Crippen LogP contribution in [0.15, 0.2) is 0 Å². The Bertz CT molecular complexity index is 288. The molecule has 0 spiro atoms. The molecule has 1 amide bonds. The van der Waals surface area contributed by atoms with Crippen LogP contribution in [0.3, 0.4) is 0 Å².